The minimum absolute atomic E-state index is 0.237. The van der Waals surface area contributed by atoms with Crippen molar-refractivity contribution in [2.24, 2.45) is 0 Å². The molecule has 1 N–H and O–H groups in total. The van der Waals surface area contributed by atoms with E-state index in [1.165, 1.54) is 6.42 Å². The van der Waals surface area contributed by atoms with E-state index in [1.807, 2.05) is 12.3 Å². The fourth-order valence-electron chi connectivity index (χ4n) is 2.59. The summed E-state index contributed by atoms with van der Waals surface area (Å²) in [5.74, 6) is 0. The number of hydrogen-bond acceptors (Lipinski definition) is 3. The lowest BCUT2D eigenvalue weighted by molar-refractivity contribution is 0.0757. The van der Waals surface area contributed by atoms with Crippen LogP contribution in [-0.4, -0.2) is 34.6 Å². The smallest absolute Gasteiger partial charge is 0.0544 e. The molecule has 1 fully saturated rings. The summed E-state index contributed by atoms with van der Waals surface area (Å²) in [7, 11) is 0. The standard InChI is InChI=1S/C14H23N3/c1-12-10-15-9-7-14(2,3)17(12)11-13-6-4-5-8-16-13/h4-6,8,12,15H,7,9-11H2,1-3H3. The molecule has 17 heavy (non-hydrogen) atoms. The number of nitrogens with one attached hydrogen (secondary N) is 1. The molecule has 3 heteroatoms. The van der Waals surface area contributed by atoms with Gasteiger partial charge in [0, 0.05) is 30.9 Å². The van der Waals surface area contributed by atoms with Crippen LogP contribution < -0.4 is 5.32 Å². The van der Waals surface area contributed by atoms with Crippen LogP contribution in [0.25, 0.3) is 0 Å². The van der Waals surface area contributed by atoms with Gasteiger partial charge in [-0.2, -0.15) is 0 Å². The van der Waals surface area contributed by atoms with E-state index >= 15 is 0 Å². The maximum atomic E-state index is 4.44. The van der Waals surface area contributed by atoms with Crippen LogP contribution in [0.3, 0.4) is 0 Å². The van der Waals surface area contributed by atoms with Crippen LogP contribution in [0, 0.1) is 0 Å². The van der Waals surface area contributed by atoms with Gasteiger partial charge in [0.1, 0.15) is 0 Å². The minimum Gasteiger partial charge on any atom is -0.315 e. The molecular weight excluding hydrogens is 210 g/mol. The molecule has 0 spiro atoms. The van der Waals surface area contributed by atoms with Gasteiger partial charge in [0.2, 0.25) is 0 Å². The van der Waals surface area contributed by atoms with Crippen molar-refractivity contribution in [1.82, 2.24) is 15.2 Å². The fourth-order valence-corrected chi connectivity index (χ4v) is 2.59. The molecule has 3 nitrogen and oxygen atoms in total. The minimum atomic E-state index is 0.237. The predicted molar refractivity (Wildman–Crippen MR) is 70.8 cm³/mol. The maximum Gasteiger partial charge on any atom is 0.0544 e. The van der Waals surface area contributed by atoms with Crippen LogP contribution in [0.5, 0.6) is 0 Å². The van der Waals surface area contributed by atoms with Gasteiger partial charge in [-0.25, -0.2) is 0 Å². The van der Waals surface area contributed by atoms with E-state index in [2.05, 4.69) is 48.1 Å². The number of pyridine rings is 1. The van der Waals surface area contributed by atoms with Gasteiger partial charge in [-0.05, 0) is 45.9 Å². The van der Waals surface area contributed by atoms with Gasteiger partial charge in [-0.15, -0.1) is 0 Å². The molecule has 0 amide bonds. The highest BCUT2D eigenvalue weighted by molar-refractivity contribution is 5.05. The van der Waals surface area contributed by atoms with Crippen LogP contribution in [0.15, 0.2) is 24.4 Å². The van der Waals surface area contributed by atoms with E-state index in [1.54, 1.807) is 0 Å². The quantitative estimate of drug-likeness (QED) is 0.847. The molecular formula is C14H23N3. The monoisotopic (exact) mass is 233 g/mol. The van der Waals surface area contributed by atoms with Crippen molar-refractivity contribution in [3.63, 3.8) is 0 Å². The van der Waals surface area contributed by atoms with Crippen molar-refractivity contribution >= 4 is 0 Å². The Morgan fingerprint density at radius 2 is 2.29 bits per heavy atom. The summed E-state index contributed by atoms with van der Waals surface area (Å²) in [5.41, 5.74) is 1.40. The summed E-state index contributed by atoms with van der Waals surface area (Å²) in [6, 6.07) is 6.70. The number of aromatic nitrogens is 1. The average Bonchev–Trinajstić information content (AvgIpc) is 2.43. The Hall–Kier alpha value is -0.930. The molecule has 0 aliphatic carbocycles. The van der Waals surface area contributed by atoms with Crippen LogP contribution in [0.2, 0.25) is 0 Å². The molecule has 0 radical (unpaired) electrons. The average molecular weight is 233 g/mol. The number of nitrogens with zero attached hydrogens (tertiary/aromatic N) is 2. The highest BCUT2D eigenvalue weighted by Gasteiger charge is 2.32. The Bertz CT molecular complexity index is 348. The van der Waals surface area contributed by atoms with E-state index < -0.39 is 0 Å². The van der Waals surface area contributed by atoms with Crippen molar-refractivity contribution in [2.45, 2.75) is 45.3 Å². The van der Waals surface area contributed by atoms with Crippen LogP contribution in [0.1, 0.15) is 32.9 Å². The Labute approximate surface area is 104 Å². The molecule has 1 unspecified atom stereocenters. The largest absolute Gasteiger partial charge is 0.315 e. The first kappa shape index (κ1) is 12.5. The van der Waals surface area contributed by atoms with Gasteiger partial charge in [0.15, 0.2) is 0 Å². The summed E-state index contributed by atoms with van der Waals surface area (Å²) in [5, 5.41) is 3.51. The lowest BCUT2D eigenvalue weighted by atomic mass is 9.97. The first-order valence-electron chi connectivity index (χ1n) is 6.47. The maximum absolute atomic E-state index is 4.44. The van der Waals surface area contributed by atoms with E-state index in [9.17, 15) is 0 Å². The number of hydrogen-bond donors (Lipinski definition) is 1. The molecule has 1 saturated heterocycles. The van der Waals surface area contributed by atoms with Crippen molar-refractivity contribution in [3.05, 3.63) is 30.1 Å². The fraction of sp³-hybridized carbons (Fsp3) is 0.643. The topological polar surface area (TPSA) is 28.2 Å². The third kappa shape index (κ3) is 3.05. The first-order chi connectivity index (χ1) is 8.09. The summed E-state index contributed by atoms with van der Waals surface area (Å²) in [6.45, 7) is 10.1. The first-order valence-corrected chi connectivity index (χ1v) is 6.47. The Balaban J connectivity index is 2.15. The predicted octanol–water partition coefficient (Wildman–Crippen LogP) is 2.04. The van der Waals surface area contributed by atoms with Crippen molar-refractivity contribution in [3.8, 4) is 0 Å². The highest BCUT2D eigenvalue weighted by atomic mass is 15.2. The Kier molecular flexibility index (Phi) is 3.79. The van der Waals surface area contributed by atoms with E-state index in [0.717, 1.165) is 25.3 Å². The molecule has 1 aliphatic rings. The molecule has 2 heterocycles. The van der Waals surface area contributed by atoms with E-state index in [4.69, 9.17) is 0 Å². The van der Waals surface area contributed by atoms with Gasteiger partial charge in [-0.1, -0.05) is 6.07 Å². The Morgan fingerprint density at radius 3 is 3.00 bits per heavy atom. The van der Waals surface area contributed by atoms with Crippen LogP contribution in [0.4, 0.5) is 0 Å². The van der Waals surface area contributed by atoms with Gasteiger partial charge in [-0.3, -0.25) is 9.88 Å². The van der Waals surface area contributed by atoms with Gasteiger partial charge in [0.25, 0.3) is 0 Å². The number of rotatable bonds is 2. The molecule has 0 bridgehead atoms. The van der Waals surface area contributed by atoms with Crippen molar-refractivity contribution < 1.29 is 0 Å². The zero-order valence-corrected chi connectivity index (χ0v) is 11.1. The highest BCUT2D eigenvalue weighted by Crippen LogP contribution is 2.25. The lowest BCUT2D eigenvalue weighted by Crippen LogP contribution is -2.48. The summed E-state index contributed by atoms with van der Waals surface area (Å²) in [4.78, 5) is 7.01. The second-order valence-corrected chi connectivity index (χ2v) is 5.56. The Morgan fingerprint density at radius 1 is 1.47 bits per heavy atom. The van der Waals surface area contributed by atoms with Crippen molar-refractivity contribution in [2.75, 3.05) is 13.1 Å². The second-order valence-electron chi connectivity index (χ2n) is 5.56. The molecule has 94 valence electrons. The molecule has 1 atom stereocenters. The SMILES string of the molecule is CC1CNCCC(C)(C)N1Cc1ccccn1. The normalized spacial score (nSPS) is 25.5. The molecule has 1 aromatic heterocycles. The lowest BCUT2D eigenvalue weighted by Gasteiger charge is -2.40. The van der Waals surface area contributed by atoms with Gasteiger partial charge in [0.05, 0.1) is 5.69 Å². The second kappa shape index (κ2) is 5.15. The van der Waals surface area contributed by atoms with Gasteiger partial charge >= 0.3 is 0 Å². The summed E-state index contributed by atoms with van der Waals surface area (Å²) >= 11 is 0. The molecule has 1 aliphatic heterocycles. The summed E-state index contributed by atoms with van der Waals surface area (Å²) in [6.07, 6.45) is 3.06. The van der Waals surface area contributed by atoms with E-state index in [-0.39, 0.29) is 5.54 Å². The molecule has 0 saturated carbocycles. The zero-order valence-electron chi connectivity index (χ0n) is 11.1. The van der Waals surface area contributed by atoms with Gasteiger partial charge < -0.3 is 5.32 Å². The molecule has 2 rings (SSSR count). The van der Waals surface area contributed by atoms with Crippen LogP contribution in [-0.2, 0) is 6.54 Å². The van der Waals surface area contributed by atoms with E-state index in [0.29, 0.717) is 6.04 Å². The third-order valence-electron chi connectivity index (χ3n) is 3.72. The van der Waals surface area contributed by atoms with Crippen LogP contribution >= 0.6 is 0 Å². The molecule has 1 aromatic rings. The van der Waals surface area contributed by atoms with Crippen molar-refractivity contribution in [1.29, 1.82) is 0 Å². The summed E-state index contributed by atoms with van der Waals surface area (Å²) < 4.78 is 0. The zero-order chi connectivity index (χ0) is 12.3. The molecule has 0 aromatic carbocycles. The third-order valence-corrected chi connectivity index (χ3v) is 3.72.